The first-order valence-electron chi connectivity index (χ1n) is 8.31. The van der Waals surface area contributed by atoms with E-state index in [9.17, 15) is 9.59 Å². The fourth-order valence-corrected chi connectivity index (χ4v) is 2.90. The van der Waals surface area contributed by atoms with E-state index in [2.05, 4.69) is 0 Å². The lowest BCUT2D eigenvalue weighted by molar-refractivity contribution is -0.126. The number of nitrogens with zero attached hydrogens (tertiary/aromatic N) is 1. The molecule has 1 aliphatic carbocycles. The minimum Gasteiger partial charge on any atom is -0.495 e. The first kappa shape index (κ1) is 18.3. The molecule has 0 saturated heterocycles. The number of carbonyl (C=O) groups is 2. The molecule has 0 atom stereocenters. The molecule has 1 aromatic rings. The summed E-state index contributed by atoms with van der Waals surface area (Å²) in [5.74, 6) is 0.180. The molecule has 1 amide bonds. The lowest BCUT2D eigenvalue weighted by Crippen LogP contribution is -2.49. The predicted molar refractivity (Wildman–Crippen MR) is 93.7 cm³/mol. The lowest BCUT2D eigenvalue weighted by atomic mass is 9.86. The van der Waals surface area contributed by atoms with Crippen LogP contribution in [0, 0.1) is 12.3 Å². The van der Waals surface area contributed by atoms with Gasteiger partial charge in [0, 0.05) is 11.5 Å². The van der Waals surface area contributed by atoms with Crippen molar-refractivity contribution in [2.75, 3.05) is 19.1 Å². The number of aryl methyl sites for hydroxylation is 1. The Morgan fingerprint density at radius 2 is 1.79 bits per heavy atom. The van der Waals surface area contributed by atoms with Crippen molar-refractivity contribution in [3.63, 3.8) is 0 Å². The topological polar surface area (TPSA) is 55.8 Å². The molecule has 0 N–H and O–H groups in total. The molecule has 1 aliphatic rings. The summed E-state index contributed by atoms with van der Waals surface area (Å²) >= 11 is 0. The minimum absolute atomic E-state index is 0.0689. The molecule has 24 heavy (non-hydrogen) atoms. The van der Waals surface area contributed by atoms with E-state index in [1.54, 1.807) is 19.2 Å². The van der Waals surface area contributed by atoms with Crippen molar-refractivity contribution in [1.82, 2.24) is 0 Å². The minimum atomic E-state index is -0.492. The molecule has 1 saturated carbocycles. The Hall–Kier alpha value is -2.04. The summed E-state index contributed by atoms with van der Waals surface area (Å²) in [6.45, 7) is 7.66. The molecule has 0 aromatic heterocycles. The Bertz CT molecular complexity index is 642. The summed E-state index contributed by atoms with van der Waals surface area (Å²) in [5, 5.41) is 0. The number of rotatable bonds is 4. The van der Waals surface area contributed by atoms with Gasteiger partial charge in [-0.1, -0.05) is 20.8 Å². The third-order valence-electron chi connectivity index (χ3n) is 4.45. The summed E-state index contributed by atoms with van der Waals surface area (Å²) in [6, 6.07) is 3.59. The Labute approximate surface area is 143 Å². The van der Waals surface area contributed by atoms with Crippen LogP contribution < -0.4 is 9.64 Å². The smallest absolute Gasteiger partial charge is 0.337 e. The van der Waals surface area contributed by atoms with E-state index in [1.165, 1.54) is 7.11 Å². The molecule has 0 unspecified atom stereocenters. The molecule has 5 nitrogen and oxygen atoms in total. The van der Waals surface area contributed by atoms with Crippen molar-refractivity contribution in [1.29, 1.82) is 0 Å². The van der Waals surface area contributed by atoms with E-state index >= 15 is 0 Å². The highest BCUT2D eigenvalue weighted by Crippen LogP contribution is 2.41. The number of methoxy groups -OCH3 is 2. The molecule has 0 radical (unpaired) electrons. The van der Waals surface area contributed by atoms with Crippen LogP contribution in [0.3, 0.4) is 0 Å². The van der Waals surface area contributed by atoms with Crippen molar-refractivity contribution in [2.24, 2.45) is 5.41 Å². The van der Waals surface area contributed by atoms with Crippen LogP contribution in [0.5, 0.6) is 5.75 Å². The normalized spacial score (nSPS) is 14.8. The quantitative estimate of drug-likeness (QED) is 0.788. The number of hydrogen-bond acceptors (Lipinski definition) is 4. The van der Waals surface area contributed by atoms with Crippen molar-refractivity contribution < 1.29 is 19.1 Å². The predicted octanol–water partition coefficient (Wildman–Crippen LogP) is 3.72. The van der Waals surface area contributed by atoms with Gasteiger partial charge < -0.3 is 14.4 Å². The maximum absolute atomic E-state index is 13.1. The number of anilines is 1. The molecule has 0 spiro atoms. The van der Waals surface area contributed by atoms with E-state index in [-0.39, 0.29) is 11.9 Å². The van der Waals surface area contributed by atoms with Gasteiger partial charge in [0.2, 0.25) is 5.91 Å². The fourth-order valence-electron chi connectivity index (χ4n) is 2.90. The van der Waals surface area contributed by atoms with Gasteiger partial charge in [-0.25, -0.2) is 4.79 Å². The number of hydrogen-bond donors (Lipinski definition) is 0. The van der Waals surface area contributed by atoms with Gasteiger partial charge in [0.05, 0.1) is 25.5 Å². The molecule has 5 heteroatoms. The van der Waals surface area contributed by atoms with Crippen LogP contribution in [-0.4, -0.2) is 32.1 Å². The van der Waals surface area contributed by atoms with Crippen LogP contribution in [0.4, 0.5) is 5.69 Å². The number of ether oxygens (including phenoxy) is 2. The van der Waals surface area contributed by atoms with Gasteiger partial charge >= 0.3 is 5.97 Å². The third-order valence-corrected chi connectivity index (χ3v) is 4.45. The molecular formula is C19H27NO4. The fraction of sp³-hybridized carbons (Fsp3) is 0.579. The van der Waals surface area contributed by atoms with Gasteiger partial charge in [-0.2, -0.15) is 0 Å². The van der Waals surface area contributed by atoms with Gasteiger partial charge in [-0.05, 0) is 43.9 Å². The third kappa shape index (κ3) is 3.40. The Kier molecular flexibility index (Phi) is 5.21. The highest BCUT2D eigenvalue weighted by Gasteiger charge is 2.38. The summed E-state index contributed by atoms with van der Waals surface area (Å²) in [5.41, 5.74) is 1.52. The molecular weight excluding hydrogens is 306 g/mol. The molecule has 0 bridgehead atoms. The SMILES string of the molecule is COC(=O)c1cc(C)c(N(C(=O)C(C)(C)C)C2CCC2)c(OC)c1. The second kappa shape index (κ2) is 6.83. The maximum atomic E-state index is 13.1. The van der Waals surface area contributed by atoms with E-state index < -0.39 is 11.4 Å². The Morgan fingerprint density at radius 1 is 1.17 bits per heavy atom. The molecule has 1 aromatic carbocycles. The first-order valence-corrected chi connectivity index (χ1v) is 8.31. The van der Waals surface area contributed by atoms with Crippen LogP contribution in [0.2, 0.25) is 0 Å². The second-order valence-corrected chi connectivity index (χ2v) is 7.35. The molecule has 132 valence electrons. The van der Waals surface area contributed by atoms with Gasteiger partial charge in [0.15, 0.2) is 0 Å². The zero-order valence-electron chi connectivity index (χ0n) is 15.4. The summed E-state index contributed by atoms with van der Waals surface area (Å²) in [4.78, 5) is 26.8. The standard InChI is InChI=1S/C19H27NO4/c1-12-10-13(17(21)24-6)11-15(23-5)16(12)20(14-8-7-9-14)18(22)19(2,3)4/h10-11,14H,7-9H2,1-6H3. The van der Waals surface area contributed by atoms with Crippen LogP contribution in [0.1, 0.15) is 56.0 Å². The summed E-state index contributed by atoms with van der Waals surface area (Å²) in [6.07, 6.45) is 3.10. The number of esters is 1. The zero-order valence-corrected chi connectivity index (χ0v) is 15.4. The molecule has 2 rings (SSSR count). The monoisotopic (exact) mass is 333 g/mol. The van der Waals surface area contributed by atoms with Gasteiger partial charge in [-0.3, -0.25) is 4.79 Å². The van der Waals surface area contributed by atoms with Crippen LogP contribution >= 0.6 is 0 Å². The van der Waals surface area contributed by atoms with Crippen molar-refractivity contribution in [3.05, 3.63) is 23.3 Å². The summed E-state index contributed by atoms with van der Waals surface area (Å²) < 4.78 is 10.3. The lowest BCUT2D eigenvalue weighted by Gasteiger charge is -2.41. The van der Waals surface area contributed by atoms with Crippen molar-refractivity contribution in [2.45, 2.75) is 53.0 Å². The maximum Gasteiger partial charge on any atom is 0.337 e. The van der Waals surface area contributed by atoms with Crippen molar-refractivity contribution in [3.8, 4) is 5.75 Å². The van der Waals surface area contributed by atoms with Gasteiger partial charge in [0.1, 0.15) is 5.75 Å². The zero-order chi connectivity index (χ0) is 18.1. The molecule has 0 aliphatic heterocycles. The average Bonchev–Trinajstić information content (AvgIpc) is 2.47. The van der Waals surface area contributed by atoms with E-state index in [0.29, 0.717) is 11.3 Å². The number of carbonyl (C=O) groups excluding carboxylic acids is 2. The molecule has 1 fully saturated rings. The van der Waals surface area contributed by atoms with E-state index in [4.69, 9.17) is 9.47 Å². The first-order chi connectivity index (χ1) is 11.2. The van der Waals surface area contributed by atoms with Crippen molar-refractivity contribution >= 4 is 17.6 Å². The number of amides is 1. The molecule has 0 heterocycles. The van der Waals surface area contributed by atoms with Gasteiger partial charge in [-0.15, -0.1) is 0 Å². The van der Waals surface area contributed by atoms with Gasteiger partial charge in [0.25, 0.3) is 0 Å². The van der Waals surface area contributed by atoms with Crippen LogP contribution in [0.15, 0.2) is 12.1 Å². The largest absolute Gasteiger partial charge is 0.495 e. The Balaban J connectivity index is 2.57. The number of benzene rings is 1. The highest BCUT2D eigenvalue weighted by molar-refractivity contribution is 6.01. The van der Waals surface area contributed by atoms with E-state index in [0.717, 1.165) is 30.5 Å². The highest BCUT2D eigenvalue weighted by atomic mass is 16.5. The second-order valence-electron chi connectivity index (χ2n) is 7.35. The van der Waals surface area contributed by atoms with Crippen LogP contribution in [-0.2, 0) is 9.53 Å². The average molecular weight is 333 g/mol. The Morgan fingerprint density at radius 3 is 2.21 bits per heavy atom. The van der Waals surface area contributed by atoms with Crippen LogP contribution in [0.25, 0.3) is 0 Å². The van der Waals surface area contributed by atoms with E-state index in [1.807, 2.05) is 32.6 Å². The summed E-state index contributed by atoms with van der Waals surface area (Å²) in [7, 11) is 2.90.